The Morgan fingerprint density at radius 1 is 1.45 bits per heavy atom. The van der Waals surface area contributed by atoms with E-state index in [1.807, 2.05) is 12.1 Å². The third kappa shape index (κ3) is 1.74. The zero-order valence-corrected chi connectivity index (χ0v) is 8.31. The van der Waals surface area contributed by atoms with Crippen molar-refractivity contribution in [2.45, 2.75) is 12.3 Å². The average molecular weight is 215 g/mol. The summed E-state index contributed by atoms with van der Waals surface area (Å²) >= 11 is 3.42. The molecule has 60 valence electrons. The van der Waals surface area contributed by atoms with E-state index in [4.69, 9.17) is 4.74 Å². The highest BCUT2D eigenvalue weighted by Gasteiger charge is 2.00. The molecule has 0 N–H and O–H groups in total. The number of methoxy groups -OCH3 is 1. The minimum absolute atomic E-state index is 0.885. The monoisotopic (exact) mass is 214 g/mol. The molecule has 0 heterocycles. The zero-order chi connectivity index (χ0) is 8.27. The Morgan fingerprint density at radius 3 is 2.73 bits per heavy atom. The minimum Gasteiger partial charge on any atom is -0.496 e. The molecule has 0 fully saturated rings. The first-order valence-corrected chi connectivity index (χ1v) is 4.60. The lowest BCUT2D eigenvalue weighted by atomic mass is 10.1. The predicted octanol–water partition coefficient (Wildman–Crippen LogP) is 2.90. The van der Waals surface area contributed by atoms with Gasteiger partial charge in [-0.15, -0.1) is 0 Å². The van der Waals surface area contributed by atoms with Crippen molar-refractivity contribution in [3.8, 4) is 5.75 Å². The summed E-state index contributed by atoms with van der Waals surface area (Å²) in [5.74, 6) is 0.960. The summed E-state index contributed by atoms with van der Waals surface area (Å²) in [6, 6.07) is 6.07. The molecule has 0 aromatic heterocycles. The minimum atomic E-state index is 0.885. The molecular formula is C9H11BrO. The molecule has 0 bridgehead atoms. The van der Waals surface area contributed by atoms with Crippen molar-refractivity contribution in [1.29, 1.82) is 0 Å². The van der Waals surface area contributed by atoms with Gasteiger partial charge in [-0.1, -0.05) is 28.1 Å². The Balaban J connectivity index is 3.10. The molecule has 1 aromatic rings. The van der Waals surface area contributed by atoms with Crippen LogP contribution in [0.1, 0.15) is 11.1 Å². The zero-order valence-electron chi connectivity index (χ0n) is 6.73. The van der Waals surface area contributed by atoms with Crippen LogP contribution in [0, 0.1) is 6.92 Å². The van der Waals surface area contributed by atoms with E-state index in [9.17, 15) is 0 Å². The van der Waals surface area contributed by atoms with Crippen LogP contribution in [-0.2, 0) is 5.33 Å². The molecule has 0 saturated carbocycles. The van der Waals surface area contributed by atoms with Crippen molar-refractivity contribution >= 4 is 15.9 Å². The van der Waals surface area contributed by atoms with Crippen LogP contribution in [0.3, 0.4) is 0 Å². The molecule has 0 aliphatic rings. The Hall–Kier alpha value is -0.500. The molecule has 1 rings (SSSR count). The van der Waals surface area contributed by atoms with Crippen LogP contribution in [0.2, 0.25) is 0 Å². The van der Waals surface area contributed by atoms with Crippen LogP contribution in [0.4, 0.5) is 0 Å². The first-order valence-electron chi connectivity index (χ1n) is 3.48. The van der Waals surface area contributed by atoms with Crippen molar-refractivity contribution in [3.63, 3.8) is 0 Å². The summed E-state index contributed by atoms with van der Waals surface area (Å²) in [7, 11) is 1.69. The van der Waals surface area contributed by atoms with E-state index < -0.39 is 0 Å². The van der Waals surface area contributed by atoms with Crippen LogP contribution >= 0.6 is 15.9 Å². The van der Waals surface area contributed by atoms with E-state index in [-0.39, 0.29) is 0 Å². The largest absolute Gasteiger partial charge is 0.496 e. The number of hydrogen-bond acceptors (Lipinski definition) is 1. The summed E-state index contributed by atoms with van der Waals surface area (Å²) in [4.78, 5) is 0. The van der Waals surface area contributed by atoms with E-state index in [1.165, 1.54) is 11.1 Å². The summed E-state index contributed by atoms with van der Waals surface area (Å²) in [5.41, 5.74) is 2.50. The average Bonchev–Trinajstić information content (AvgIpc) is 2.05. The van der Waals surface area contributed by atoms with Gasteiger partial charge in [0, 0.05) is 5.33 Å². The van der Waals surface area contributed by atoms with Gasteiger partial charge >= 0.3 is 0 Å². The quantitative estimate of drug-likeness (QED) is 0.689. The highest BCUT2D eigenvalue weighted by atomic mass is 79.9. The van der Waals surface area contributed by atoms with E-state index in [1.54, 1.807) is 7.11 Å². The third-order valence-electron chi connectivity index (χ3n) is 1.76. The molecule has 0 aliphatic heterocycles. The van der Waals surface area contributed by atoms with E-state index in [0.717, 1.165) is 11.1 Å². The highest BCUT2D eigenvalue weighted by molar-refractivity contribution is 9.08. The van der Waals surface area contributed by atoms with E-state index >= 15 is 0 Å². The topological polar surface area (TPSA) is 9.23 Å². The van der Waals surface area contributed by atoms with Gasteiger partial charge in [0.2, 0.25) is 0 Å². The van der Waals surface area contributed by atoms with Gasteiger partial charge in [-0.2, -0.15) is 0 Å². The third-order valence-corrected chi connectivity index (χ3v) is 2.36. The standard InChI is InChI=1S/C9H11BrO/c1-7-8(6-10)4-3-5-9(7)11-2/h3-5H,6H2,1-2H3. The second-order valence-corrected chi connectivity index (χ2v) is 2.94. The smallest absolute Gasteiger partial charge is 0.122 e. The molecule has 0 saturated heterocycles. The molecule has 1 nitrogen and oxygen atoms in total. The van der Waals surface area contributed by atoms with Crippen molar-refractivity contribution in [1.82, 2.24) is 0 Å². The van der Waals surface area contributed by atoms with E-state index in [0.29, 0.717) is 0 Å². The van der Waals surface area contributed by atoms with Crippen LogP contribution in [-0.4, -0.2) is 7.11 Å². The second kappa shape index (κ2) is 3.77. The van der Waals surface area contributed by atoms with Crippen molar-refractivity contribution < 1.29 is 4.74 Å². The Bertz CT molecular complexity index is 223. The number of rotatable bonds is 2. The van der Waals surface area contributed by atoms with Gasteiger partial charge in [0.25, 0.3) is 0 Å². The van der Waals surface area contributed by atoms with Gasteiger partial charge < -0.3 is 4.74 Å². The fraction of sp³-hybridized carbons (Fsp3) is 0.333. The SMILES string of the molecule is COc1cccc(CBr)c1C. The Kier molecular flexibility index (Phi) is 2.94. The Morgan fingerprint density at radius 2 is 2.18 bits per heavy atom. The Labute approximate surface area is 75.5 Å². The maximum absolute atomic E-state index is 5.17. The van der Waals surface area contributed by atoms with Gasteiger partial charge in [-0.3, -0.25) is 0 Å². The molecule has 0 radical (unpaired) electrons. The summed E-state index contributed by atoms with van der Waals surface area (Å²) < 4.78 is 5.17. The lowest BCUT2D eigenvalue weighted by molar-refractivity contribution is 0.411. The van der Waals surface area contributed by atoms with E-state index in [2.05, 4.69) is 28.9 Å². The van der Waals surface area contributed by atoms with Gasteiger partial charge in [-0.25, -0.2) is 0 Å². The molecule has 0 amide bonds. The number of hydrogen-bond donors (Lipinski definition) is 0. The van der Waals surface area contributed by atoms with Gasteiger partial charge in [0.05, 0.1) is 7.11 Å². The van der Waals surface area contributed by atoms with Crippen LogP contribution < -0.4 is 4.74 Å². The van der Waals surface area contributed by atoms with Gasteiger partial charge in [0.1, 0.15) is 5.75 Å². The molecular weight excluding hydrogens is 204 g/mol. The van der Waals surface area contributed by atoms with Crippen molar-refractivity contribution in [2.24, 2.45) is 0 Å². The molecule has 11 heavy (non-hydrogen) atoms. The first kappa shape index (κ1) is 8.60. The number of alkyl halides is 1. The predicted molar refractivity (Wildman–Crippen MR) is 50.4 cm³/mol. The number of ether oxygens (including phenoxy) is 1. The van der Waals surface area contributed by atoms with Crippen LogP contribution in [0.15, 0.2) is 18.2 Å². The van der Waals surface area contributed by atoms with Crippen molar-refractivity contribution in [2.75, 3.05) is 7.11 Å². The molecule has 2 heteroatoms. The fourth-order valence-corrected chi connectivity index (χ4v) is 1.63. The van der Waals surface area contributed by atoms with Crippen molar-refractivity contribution in [3.05, 3.63) is 29.3 Å². The fourth-order valence-electron chi connectivity index (χ4n) is 1.03. The maximum atomic E-state index is 5.17. The number of benzene rings is 1. The molecule has 0 atom stereocenters. The second-order valence-electron chi connectivity index (χ2n) is 2.38. The maximum Gasteiger partial charge on any atom is 0.122 e. The van der Waals surface area contributed by atoms with Crippen LogP contribution in [0.25, 0.3) is 0 Å². The summed E-state index contributed by atoms with van der Waals surface area (Å²) in [6.07, 6.45) is 0. The van der Waals surface area contributed by atoms with Gasteiger partial charge in [-0.05, 0) is 24.1 Å². The van der Waals surface area contributed by atoms with Gasteiger partial charge in [0.15, 0.2) is 0 Å². The lowest BCUT2D eigenvalue weighted by Gasteiger charge is -2.06. The summed E-state index contributed by atoms with van der Waals surface area (Å²) in [6.45, 7) is 2.06. The molecule has 0 spiro atoms. The lowest BCUT2D eigenvalue weighted by Crippen LogP contribution is -1.90. The van der Waals surface area contributed by atoms with Crippen LogP contribution in [0.5, 0.6) is 5.75 Å². The molecule has 1 aromatic carbocycles. The first-order chi connectivity index (χ1) is 5.29. The summed E-state index contributed by atoms with van der Waals surface area (Å²) in [5, 5.41) is 0.885. The normalized spacial score (nSPS) is 9.73. The molecule has 0 aliphatic carbocycles. The number of halogens is 1. The highest BCUT2D eigenvalue weighted by Crippen LogP contribution is 2.22. The molecule has 0 unspecified atom stereocenters.